The minimum Gasteiger partial charge on any atom is -0.457 e. The van der Waals surface area contributed by atoms with Crippen LogP contribution in [0.15, 0.2) is 71.2 Å². The number of hydrogen-bond acceptors (Lipinski definition) is 4. The molecule has 0 saturated heterocycles. The molecule has 1 aromatic heterocycles. The largest absolute Gasteiger partial charge is 0.457 e. The molecule has 0 atom stereocenters. The van der Waals surface area contributed by atoms with E-state index in [4.69, 9.17) is 16.0 Å². The summed E-state index contributed by atoms with van der Waals surface area (Å²) in [5.41, 5.74) is 0.921. The predicted octanol–water partition coefficient (Wildman–Crippen LogP) is 5.40. The van der Waals surface area contributed by atoms with Gasteiger partial charge >= 0.3 is 0 Å². The minimum absolute atomic E-state index is 0.0767. The van der Waals surface area contributed by atoms with Gasteiger partial charge in [0.1, 0.15) is 11.5 Å². The van der Waals surface area contributed by atoms with Crippen molar-refractivity contribution in [1.82, 2.24) is 0 Å². The van der Waals surface area contributed by atoms with E-state index in [9.17, 15) is 14.9 Å². The molecule has 0 saturated carbocycles. The highest BCUT2D eigenvalue weighted by atomic mass is 35.5. The number of carbonyl (C=O) groups excluding carboxylic acids is 1. The standard InChI is InChI=1S/C19H12ClNO4/c20-17-9-6-14(21(23)24)12-16(17)19-11-8-15(25-19)7-10-18(22)13-4-2-1-3-5-13/h1-12H/b10-7+. The fourth-order valence-corrected chi connectivity index (χ4v) is 2.47. The molecular formula is C19H12ClNO4. The van der Waals surface area contributed by atoms with Gasteiger partial charge in [-0.2, -0.15) is 0 Å². The lowest BCUT2D eigenvalue weighted by Crippen LogP contribution is -1.92. The number of allylic oxidation sites excluding steroid dienone is 1. The van der Waals surface area contributed by atoms with Gasteiger partial charge in [0.25, 0.3) is 5.69 Å². The van der Waals surface area contributed by atoms with E-state index in [2.05, 4.69) is 0 Å². The summed E-state index contributed by atoms with van der Waals surface area (Å²) < 4.78 is 5.63. The molecule has 0 unspecified atom stereocenters. The lowest BCUT2D eigenvalue weighted by Gasteiger charge is -2.00. The summed E-state index contributed by atoms with van der Waals surface area (Å²) >= 11 is 6.10. The average Bonchev–Trinajstić information content (AvgIpc) is 3.09. The van der Waals surface area contributed by atoms with E-state index in [1.165, 1.54) is 24.3 Å². The van der Waals surface area contributed by atoms with Crippen LogP contribution in [0.5, 0.6) is 0 Å². The third-order valence-electron chi connectivity index (χ3n) is 3.51. The van der Waals surface area contributed by atoms with Crippen LogP contribution < -0.4 is 0 Å². The van der Waals surface area contributed by atoms with Crippen molar-refractivity contribution in [2.45, 2.75) is 0 Å². The minimum atomic E-state index is -0.498. The summed E-state index contributed by atoms with van der Waals surface area (Å²) in [6.45, 7) is 0. The number of halogens is 1. The fraction of sp³-hybridized carbons (Fsp3) is 0. The molecule has 0 N–H and O–H groups in total. The molecule has 2 aromatic carbocycles. The highest BCUT2D eigenvalue weighted by Gasteiger charge is 2.14. The van der Waals surface area contributed by atoms with Crippen LogP contribution in [0.1, 0.15) is 16.1 Å². The van der Waals surface area contributed by atoms with Crippen LogP contribution in [0.4, 0.5) is 5.69 Å². The number of benzene rings is 2. The molecule has 0 aliphatic heterocycles. The monoisotopic (exact) mass is 353 g/mol. The van der Waals surface area contributed by atoms with Crippen molar-refractivity contribution in [3.63, 3.8) is 0 Å². The molecule has 0 spiro atoms. The van der Waals surface area contributed by atoms with Crippen molar-refractivity contribution in [3.8, 4) is 11.3 Å². The fourth-order valence-electron chi connectivity index (χ4n) is 2.26. The molecule has 3 rings (SSSR count). The quantitative estimate of drug-likeness (QED) is 0.266. The van der Waals surface area contributed by atoms with Crippen molar-refractivity contribution in [2.75, 3.05) is 0 Å². The SMILES string of the molecule is O=C(/C=C/c1ccc(-c2cc([N+](=O)[O-])ccc2Cl)o1)c1ccccc1. The number of furan rings is 1. The smallest absolute Gasteiger partial charge is 0.270 e. The zero-order chi connectivity index (χ0) is 17.8. The number of rotatable bonds is 5. The molecule has 0 fully saturated rings. The van der Waals surface area contributed by atoms with Crippen molar-refractivity contribution in [3.05, 3.63) is 93.2 Å². The summed E-state index contributed by atoms with van der Waals surface area (Å²) in [6, 6.07) is 16.3. The molecule has 0 aliphatic rings. The first kappa shape index (κ1) is 16.7. The lowest BCUT2D eigenvalue weighted by atomic mass is 10.1. The second-order valence-corrected chi connectivity index (χ2v) is 5.59. The molecule has 124 valence electrons. The normalized spacial score (nSPS) is 10.9. The molecule has 25 heavy (non-hydrogen) atoms. The molecule has 0 aliphatic carbocycles. The van der Waals surface area contributed by atoms with E-state index in [0.29, 0.717) is 27.7 Å². The van der Waals surface area contributed by atoms with Crippen LogP contribution in [0.2, 0.25) is 5.02 Å². The van der Waals surface area contributed by atoms with Crippen LogP contribution in [-0.4, -0.2) is 10.7 Å². The van der Waals surface area contributed by atoms with Crippen molar-refractivity contribution < 1.29 is 14.1 Å². The Morgan fingerprint density at radius 3 is 2.56 bits per heavy atom. The van der Waals surface area contributed by atoms with Crippen molar-refractivity contribution in [2.24, 2.45) is 0 Å². The number of hydrogen-bond donors (Lipinski definition) is 0. The Kier molecular flexibility index (Phi) is 4.77. The summed E-state index contributed by atoms with van der Waals surface area (Å²) in [6.07, 6.45) is 2.96. The van der Waals surface area contributed by atoms with Gasteiger partial charge in [0, 0.05) is 23.3 Å². The lowest BCUT2D eigenvalue weighted by molar-refractivity contribution is -0.384. The van der Waals surface area contributed by atoms with E-state index in [0.717, 1.165) is 0 Å². The predicted molar refractivity (Wildman–Crippen MR) is 95.6 cm³/mol. The molecular weight excluding hydrogens is 342 g/mol. The topological polar surface area (TPSA) is 73.3 Å². The van der Waals surface area contributed by atoms with E-state index in [1.807, 2.05) is 6.07 Å². The average molecular weight is 354 g/mol. The Hall–Kier alpha value is -3.18. The molecule has 0 bridgehead atoms. The number of nitro groups is 1. The zero-order valence-electron chi connectivity index (χ0n) is 12.9. The first-order valence-electron chi connectivity index (χ1n) is 7.36. The van der Waals surface area contributed by atoms with E-state index in [-0.39, 0.29) is 11.5 Å². The van der Waals surface area contributed by atoms with Gasteiger partial charge in [-0.15, -0.1) is 0 Å². The van der Waals surface area contributed by atoms with Crippen LogP contribution in [0.3, 0.4) is 0 Å². The van der Waals surface area contributed by atoms with Crippen LogP contribution >= 0.6 is 11.6 Å². The number of ketones is 1. The molecule has 0 amide bonds. The third kappa shape index (κ3) is 3.84. The van der Waals surface area contributed by atoms with Gasteiger partial charge in [0.15, 0.2) is 5.78 Å². The van der Waals surface area contributed by atoms with E-state index >= 15 is 0 Å². The first-order chi connectivity index (χ1) is 12.0. The zero-order valence-corrected chi connectivity index (χ0v) is 13.6. The molecule has 6 heteroatoms. The Morgan fingerprint density at radius 1 is 1.08 bits per heavy atom. The van der Waals surface area contributed by atoms with Crippen LogP contribution in [0.25, 0.3) is 17.4 Å². The number of non-ortho nitro benzene ring substituents is 1. The third-order valence-corrected chi connectivity index (χ3v) is 3.84. The Bertz CT molecular complexity index is 961. The highest BCUT2D eigenvalue weighted by molar-refractivity contribution is 6.33. The van der Waals surface area contributed by atoms with E-state index in [1.54, 1.807) is 42.5 Å². The maximum Gasteiger partial charge on any atom is 0.270 e. The summed E-state index contributed by atoms with van der Waals surface area (Å²) in [5.74, 6) is 0.689. The Morgan fingerprint density at radius 2 is 1.84 bits per heavy atom. The van der Waals surface area contributed by atoms with Gasteiger partial charge < -0.3 is 4.42 Å². The van der Waals surface area contributed by atoms with Crippen LogP contribution in [0, 0.1) is 10.1 Å². The molecule has 5 nitrogen and oxygen atoms in total. The van der Waals surface area contributed by atoms with Crippen molar-refractivity contribution >= 4 is 29.1 Å². The summed E-state index contributed by atoms with van der Waals surface area (Å²) in [4.78, 5) is 22.4. The van der Waals surface area contributed by atoms with Gasteiger partial charge in [-0.25, -0.2) is 0 Å². The first-order valence-corrected chi connectivity index (χ1v) is 7.74. The second kappa shape index (κ2) is 7.15. The maximum absolute atomic E-state index is 12.0. The molecule has 0 radical (unpaired) electrons. The van der Waals surface area contributed by atoms with Crippen LogP contribution in [-0.2, 0) is 0 Å². The van der Waals surface area contributed by atoms with Gasteiger partial charge in [-0.3, -0.25) is 14.9 Å². The number of nitrogens with zero attached hydrogens (tertiary/aromatic N) is 1. The Balaban J connectivity index is 1.84. The van der Waals surface area contributed by atoms with Gasteiger partial charge in [0.2, 0.25) is 0 Å². The highest BCUT2D eigenvalue weighted by Crippen LogP contribution is 2.32. The Labute approximate surface area is 148 Å². The van der Waals surface area contributed by atoms with E-state index < -0.39 is 4.92 Å². The van der Waals surface area contributed by atoms with Gasteiger partial charge in [-0.1, -0.05) is 41.9 Å². The summed E-state index contributed by atoms with van der Waals surface area (Å²) in [7, 11) is 0. The summed E-state index contributed by atoms with van der Waals surface area (Å²) in [5, 5.41) is 11.2. The maximum atomic E-state index is 12.0. The molecule has 3 aromatic rings. The van der Waals surface area contributed by atoms with Crippen molar-refractivity contribution in [1.29, 1.82) is 0 Å². The number of nitro benzene ring substituents is 1. The second-order valence-electron chi connectivity index (χ2n) is 5.19. The van der Waals surface area contributed by atoms with Gasteiger partial charge in [0.05, 0.1) is 9.95 Å². The van der Waals surface area contributed by atoms with Gasteiger partial charge in [-0.05, 0) is 30.4 Å². The molecule has 1 heterocycles. The number of carbonyl (C=O) groups is 1.